The zero-order valence-electron chi connectivity index (χ0n) is 19.3. The van der Waals surface area contributed by atoms with Gasteiger partial charge in [-0.05, 0) is 129 Å². The van der Waals surface area contributed by atoms with Gasteiger partial charge in [-0.1, -0.05) is 18.2 Å². The van der Waals surface area contributed by atoms with Gasteiger partial charge in [-0.2, -0.15) is 0 Å². The summed E-state index contributed by atoms with van der Waals surface area (Å²) in [6.07, 6.45) is 29.3. The summed E-state index contributed by atoms with van der Waals surface area (Å²) < 4.78 is 2.77. The zero-order valence-corrected chi connectivity index (χ0v) is 19.3. The van der Waals surface area contributed by atoms with Crippen molar-refractivity contribution in [1.82, 2.24) is 9.55 Å². The van der Waals surface area contributed by atoms with Crippen molar-refractivity contribution < 1.29 is 0 Å². The van der Waals surface area contributed by atoms with E-state index in [0.29, 0.717) is 12.0 Å². The van der Waals surface area contributed by atoms with Gasteiger partial charge in [-0.3, -0.25) is 4.98 Å². The fraction of sp³-hybridized carbons (Fsp3) is 0.633. The van der Waals surface area contributed by atoms with Gasteiger partial charge >= 0.3 is 0 Å². The van der Waals surface area contributed by atoms with E-state index >= 15 is 0 Å². The molecule has 6 aliphatic carbocycles. The lowest BCUT2D eigenvalue weighted by Gasteiger charge is -2.58. The minimum absolute atomic E-state index is 0.636. The van der Waals surface area contributed by atoms with Gasteiger partial charge < -0.3 is 4.57 Å². The molecule has 0 radical (unpaired) electrons. The molecule has 9 rings (SSSR count). The third-order valence-corrected chi connectivity index (χ3v) is 10.7. The first-order valence-electron chi connectivity index (χ1n) is 13.6. The van der Waals surface area contributed by atoms with Crippen LogP contribution in [0.5, 0.6) is 0 Å². The molecule has 2 aromatic heterocycles. The van der Waals surface area contributed by atoms with Crippen molar-refractivity contribution in [2.45, 2.75) is 83.1 Å². The first-order chi connectivity index (χ1) is 15.7. The maximum atomic E-state index is 4.51. The van der Waals surface area contributed by atoms with Crippen LogP contribution in [0.2, 0.25) is 0 Å². The average molecular weight is 425 g/mol. The van der Waals surface area contributed by atoms with Crippen molar-refractivity contribution in [2.24, 2.45) is 35.0 Å². The van der Waals surface area contributed by atoms with E-state index in [2.05, 4.69) is 40.0 Å². The Morgan fingerprint density at radius 2 is 1.81 bits per heavy atom. The molecule has 5 fully saturated rings. The van der Waals surface area contributed by atoms with Gasteiger partial charge in [-0.15, -0.1) is 0 Å². The average Bonchev–Trinajstić information content (AvgIpc) is 3.02. The summed E-state index contributed by atoms with van der Waals surface area (Å²) in [5.74, 6) is 4.91. The fourth-order valence-electron chi connectivity index (χ4n) is 10.1. The summed E-state index contributed by atoms with van der Waals surface area (Å²) in [7, 11) is 0. The molecule has 0 spiro atoms. The molecule has 32 heavy (non-hydrogen) atoms. The molecule has 4 bridgehead atoms. The Balaban J connectivity index is 1.13. The molecule has 2 heteroatoms. The minimum Gasteiger partial charge on any atom is -0.336 e. The van der Waals surface area contributed by atoms with E-state index in [1.54, 1.807) is 50.5 Å². The minimum atomic E-state index is 0.636. The van der Waals surface area contributed by atoms with Gasteiger partial charge in [0.25, 0.3) is 0 Å². The molecule has 1 aliphatic heterocycles. The van der Waals surface area contributed by atoms with Crippen LogP contribution in [-0.4, -0.2) is 9.55 Å². The van der Waals surface area contributed by atoms with E-state index in [9.17, 15) is 0 Å². The Morgan fingerprint density at radius 3 is 2.62 bits per heavy atom. The number of aryl methyl sites for hydroxylation is 1. The maximum Gasteiger partial charge on any atom is 0.0524 e. The third-order valence-electron chi connectivity index (χ3n) is 10.7. The largest absolute Gasteiger partial charge is 0.336 e. The van der Waals surface area contributed by atoms with Crippen molar-refractivity contribution in [3.8, 4) is 0 Å². The predicted molar refractivity (Wildman–Crippen MR) is 130 cm³/mol. The number of pyridine rings is 1. The highest BCUT2D eigenvalue weighted by molar-refractivity contribution is 5.93. The molecule has 7 aliphatic rings. The van der Waals surface area contributed by atoms with Crippen LogP contribution >= 0.6 is 0 Å². The first-order valence-corrected chi connectivity index (χ1v) is 13.6. The number of hydrogen-bond acceptors (Lipinski definition) is 1. The van der Waals surface area contributed by atoms with E-state index in [4.69, 9.17) is 0 Å². The lowest BCUT2D eigenvalue weighted by Crippen LogP contribution is -2.47. The fourth-order valence-corrected chi connectivity index (χ4v) is 10.1. The number of aromatic nitrogens is 2. The Bertz CT molecular complexity index is 1110. The summed E-state index contributed by atoms with van der Waals surface area (Å²) >= 11 is 0. The van der Waals surface area contributed by atoms with E-state index in [-0.39, 0.29) is 0 Å². The molecule has 166 valence electrons. The topological polar surface area (TPSA) is 17.8 Å². The molecular formula is C30H36N2. The molecule has 0 aromatic carbocycles. The Labute approximate surface area is 192 Å². The number of nitrogens with zero attached hydrogens (tertiary/aromatic N) is 2. The standard InChI is InChI=1S/C30H36N2/c1-2-23-5-6-24-13-19(14-30-15-20-10-21(16-30)12-22(11-20)17-30)4-7-27(24)32-28-8-9-31-18-26(28)25(3-1)29(23)32/h2,5-6,8-9,18-22,24,27H,1,3-4,7,10-17H2. The van der Waals surface area contributed by atoms with Crippen LogP contribution in [0.4, 0.5) is 0 Å². The molecule has 3 atom stereocenters. The molecular weight excluding hydrogens is 388 g/mol. The molecule has 2 nitrogen and oxygen atoms in total. The van der Waals surface area contributed by atoms with Gasteiger partial charge in [0.1, 0.15) is 0 Å². The summed E-state index contributed by atoms with van der Waals surface area (Å²) in [4.78, 5) is 4.51. The molecule has 2 aromatic rings. The van der Waals surface area contributed by atoms with Gasteiger partial charge in [0, 0.05) is 23.8 Å². The van der Waals surface area contributed by atoms with E-state index in [1.165, 1.54) is 54.3 Å². The van der Waals surface area contributed by atoms with E-state index < -0.39 is 0 Å². The lowest BCUT2D eigenvalue weighted by molar-refractivity contribution is -0.0693. The van der Waals surface area contributed by atoms with Crippen LogP contribution < -0.4 is 0 Å². The van der Waals surface area contributed by atoms with Crippen molar-refractivity contribution in [1.29, 1.82) is 0 Å². The SMILES string of the molecule is C1=CC2CC(CC34CC5CC(CC(C5)C3)C4)CCC2n2c3c(c4cnccc42)CCC=C13. The highest BCUT2D eigenvalue weighted by atomic mass is 15.0. The van der Waals surface area contributed by atoms with Crippen LogP contribution in [0.25, 0.3) is 16.5 Å². The van der Waals surface area contributed by atoms with E-state index in [1.807, 2.05) is 6.20 Å². The highest BCUT2D eigenvalue weighted by Crippen LogP contribution is 2.63. The number of fused-ring (bicyclic) bond motifs is 5. The number of hydrogen-bond donors (Lipinski definition) is 0. The number of allylic oxidation sites excluding steroid dienone is 4. The van der Waals surface area contributed by atoms with Crippen molar-refractivity contribution in [2.75, 3.05) is 0 Å². The third kappa shape index (κ3) is 2.62. The van der Waals surface area contributed by atoms with Gasteiger partial charge in [0.2, 0.25) is 0 Å². The number of rotatable bonds is 2. The second-order valence-electron chi connectivity index (χ2n) is 12.7. The van der Waals surface area contributed by atoms with Gasteiger partial charge in [0.15, 0.2) is 0 Å². The van der Waals surface area contributed by atoms with Gasteiger partial charge in [-0.25, -0.2) is 0 Å². The molecule has 0 amide bonds. The molecule has 3 unspecified atom stereocenters. The Kier molecular flexibility index (Phi) is 3.84. The van der Waals surface area contributed by atoms with Crippen LogP contribution in [-0.2, 0) is 6.42 Å². The highest BCUT2D eigenvalue weighted by Gasteiger charge is 2.51. The quantitative estimate of drug-likeness (QED) is 0.488. The van der Waals surface area contributed by atoms with E-state index in [0.717, 1.165) is 29.1 Å². The molecule has 0 N–H and O–H groups in total. The summed E-state index contributed by atoms with van der Waals surface area (Å²) in [6, 6.07) is 2.92. The van der Waals surface area contributed by atoms with Crippen LogP contribution in [0.15, 0.2) is 36.7 Å². The predicted octanol–water partition coefficient (Wildman–Crippen LogP) is 7.50. The lowest BCUT2D eigenvalue weighted by atomic mass is 9.47. The van der Waals surface area contributed by atoms with Crippen molar-refractivity contribution >= 4 is 16.5 Å². The molecule has 5 saturated carbocycles. The second-order valence-corrected chi connectivity index (χ2v) is 12.7. The smallest absolute Gasteiger partial charge is 0.0524 e. The summed E-state index contributed by atoms with van der Waals surface area (Å²) in [5, 5.41) is 1.41. The van der Waals surface area contributed by atoms with Gasteiger partial charge in [0.05, 0.1) is 11.2 Å². The first kappa shape index (κ1) is 18.6. The summed E-state index contributed by atoms with van der Waals surface area (Å²) in [6.45, 7) is 0. The maximum absolute atomic E-state index is 4.51. The normalized spacial score (nSPS) is 41.3. The van der Waals surface area contributed by atoms with Crippen molar-refractivity contribution in [3.63, 3.8) is 0 Å². The zero-order chi connectivity index (χ0) is 20.9. The van der Waals surface area contributed by atoms with Crippen LogP contribution in [0, 0.1) is 35.0 Å². The Morgan fingerprint density at radius 1 is 1.00 bits per heavy atom. The van der Waals surface area contributed by atoms with Crippen molar-refractivity contribution in [3.05, 3.63) is 47.9 Å². The monoisotopic (exact) mass is 424 g/mol. The Hall–Kier alpha value is -1.83. The summed E-state index contributed by atoms with van der Waals surface area (Å²) in [5.41, 5.74) is 6.75. The molecule has 0 saturated heterocycles. The van der Waals surface area contributed by atoms with Crippen LogP contribution in [0.1, 0.15) is 87.9 Å². The second kappa shape index (κ2) is 6.61. The molecule has 3 heterocycles. The van der Waals surface area contributed by atoms with Crippen LogP contribution in [0.3, 0.4) is 0 Å².